The molecule has 0 aromatic heterocycles. The molecule has 1 saturated heterocycles. The van der Waals surface area contributed by atoms with E-state index in [9.17, 15) is 14.4 Å². The van der Waals surface area contributed by atoms with E-state index in [1.807, 2.05) is 31.2 Å². The van der Waals surface area contributed by atoms with Gasteiger partial charge in [-0.1, -0.05) is 43.4 Å². The monoisotopic (exact) mass is 473 g/mol. The highest BCUT2D eigenvalue weighted by atomic mass is 16.5. The lowest BCUT2D eigenvalue weighted by molar-refractivity contribution is -0.159. The number of rotatable bonds is 10. The number of aryl methyl sites for hydroxylation is 1. The topological polar surface area (TPSA) is 122 Å². The molecule has 3 aliphatic rings. The third-order valence-electron chi connectivity index (χ3n) is 6.60. The Morgan fingerprint density at radius 1 is 1.06 bits per heavy atom. The number of benzene rings is 1. The van der Waals surface area contributed by atoms with Gasteiger partial charge in [0.25, 0.3) is 5.91 Å². The van der Waals surface area contributed by atoms with Crippen LogP contribution in [0.4, 0.5) is 5.69 Å². The predicted molar refractivity (Wildman–Crippen MR) is 130 cm³/mol. The molecule has 0 bridgehead atoms. The van der Waals surface area contributed by atoms with E-state index >= 15 is 0 Å². The normalized spacial score (nSPS) is 19.9. The largest absolute Gasteiger partial charge is 0.480 e. The third kappa shape index (κ3) is 8.63. The number of hydrogen-bond donors (Lipinski definition) is 3. The number of carboxylic acids is 1. The Labute approximate surface area is 202 Å². The molecule has 1 amide bonds. The number of nitrogens with two attached hydrogens (primary N) is 1. The molecular formula is C26H39N3O5. The molecule has 0 unspecified atom stereocenters. The van der Waals surface area contributed by atoms with Crippen molar-refractivity contribution in [1.29, 1.82) is 0 Å². The summed E-state index contributed by atoms with van der Waals surface area (Å²) >= 11 is 0. The van der Waals surface area contributed by atoms with Gasteiger partial charge >= 0.3 is 11.9 Å². The van der Waals surface area contributed by atoms with Crippen LogP contribution < -0.4 is 11.1 Å². The first-order chi connectivity index (χ1) is 16.2. The molecular weight excluding hydrogens is 434 g/mol. The smallest absolute Gasteiger partial charge is 0.329 e. The number of esters is 1. The minimum Gasteiger partial charge on any atom is -0.480 e. The van der Waals surface area contributed by atoms with Crippen LogP contribution in [0.2, 0.25) is 0 Å². The van der Waals surface area contributed by atoms with E-state index in [1.54, 1.807) is 11.8 Å². The van der Waals surface area contributed by atoms with Gasteiger partial charge in [-0.25, -0.2) is 4.79 Å². The van der Waals surface area contributed by atoms with Crippen LogP contribution in [0.5, 0.6) is 0 Å². The zero-order valence-electron chi connectivity index (χ0n) is 20.4. The molecule has 34 heavy (non-hydrogen) atoms. The van der Waals surface area contributed by atoms with Crippen molar-refractivity contribution >= 4 is 23.5 Å². The van der Waals surface area contributed by atoms with Gasteiger partial charge in [-0.15, -0.1) is 0 Å². The van der Waals surface area contributed by atoms with Crippen molar-refractivity contribution in [3.8, 4) is 0 Å². The third-order valence-corrected chi connectivity index (χ3v) is 6.60. The first-order valence-electron chi connectivity index (χ1n) is 12.5. The van der Waals surface area contributed by atoms with E-state index < -0.39 is 24.2 Å². The summed E-state index contributed by atoms with van der Waals surface area (Å²) in [6.07, 6.45) is 7.45. The maximum atomic E-state index is 12.7. The van der Waals surface area contributed by atoms with Crippen LogP contribution in [0.25, 0.3) is 0 Å². The standard InChI is InChI=1S/C20H28N2O3.C6H11NO2/c1-14-5-9-17(10-6-14)21-18(13-16-7-8-16)20(24)25-15(2)19(23)22-11-3-4-12-22;7-5(6(8)9)3-4-1-2-4/h5-6,9-10,15-16,18,21H,3-4,7-8,11-13H2,1-2H3;4-5H,1-3,7H2,(H,8,9)/t15-,18+;5-/m01/s1. The number of nitrogens with one attached hydrogen (secondary N) is 1. The number of anilines is 1. The van der Waals surface area contributed by atoms with Crippen LogP contribution in [0, 0.1) is 18.8 Å². The summed E-state index contributed by atoms with van der Waals surface area (Å²) in [4.78, 5) is 36.9. The summed E-state index contributed by atoms with van der Waals surface area (Å²) in [7, 11) is 0. The summed E-state index contributed by atoms with van der Waals surface area (Å²) in [5, 5.41) is 11.6. The summed E-state index contributed by atoms with van der Waals surface area (Å²) < 4.78 is 5.52. The summed E-state index contributed by atoms with van der Waals surface area (Å²) in [5.74, 6) is -0.0861. The number of aliphatic carboxylic acids is 1. The molecule has 0 radical (unpaired) electrons. The van der Waals surface area contributed by atoms with Gasteiger partial charge < -0.3 is 25.8 Å². The summed E-state index contributed by atoms with van der Waals surface area (Å²) in [6.45, 7) is 5.26. The Kier molecular flexibility index (Phi) is 9.33. The molecule has 3 atom stereocenters. The van der Waals surface area contributed by atoms with Crippen molar-refractivity contribution in [2.45, 2.75) is 83.4 Å². The lowest BCUT2D eigenvalue weighted by Gasteiger charge is -2.24. The fourth-order valence-electron chi connectivity index (χ4n) is 4.07. The molecule has 1 aliphatic heterocycles. The van der Waals surface area contributed by atoms with Crippen LogP contribution in [0.15, 0.2) is 24.3 Å². The Morgan fingerprint density at radius 3 is 2.15 bits per heavy atom. The zero-order chi connectivity index (χ0) is 24.7. The van der Waals surface area contributed by atoms with Gasteiger partial charge in [-0.05, 0) is 63.5 Å². The number of likely N-dealkylation sites (tertiary alicyclic amines) is 1. The van der Waals surface area contributed by atoms with Crippen LogP contribution in [-0.2, 0) is 19.1 Å². The molecule has 2 aliphatic carbocycles. The molecule has 1 aromatic carbocycles. The molecule has 0 spiro atoms. The highest BCUT2D eigenvalue weighted by Crippen LogP contribution is 2.35. The maximum Gasteiger partial charge on any atom is 0.329 e. The Hall–Kier alpha value is -2.61. The van der Waals surface area contributed by atoms with E-state index in [1.165, 1.54) is 31.2 Å². The Balaban J connectivity index is 0.000000302. The van der Waals surface area contributed by atoms with Crippen LogP contribution in [0.1, 0.15) is 63.9 Å². The van der Waals surface area contributed by atoms with Gasteiger partial charge in [0, 0.05) is 18.8 Å². The van der Waals surface area contributed by atoms with Crippen LogP contribution in [0.3, 0.4) is 0 Å². The second-order valence-electron chi connectivity index (χ2n) is 9.98. The van der Waals surface area contributed by atoms with Crippen LogP contribution >= 0.6 is 0 Å². The minimum absolute atomic E-state index is 0.0774. The summed E-state index contributed by atoms with van der Waals surface area (Å²) in [6, 6.07) is 6.95. The molecule has 1 heterocycles. The molecule has 188 valence electrons. The van der Waals surface area contributed by atoms with E-state index in [2.05, 4.69) is 5.32 Å². The molecule has 3 fully saturated rings. The van der Waals surface area contributed by atoms with Gasteiger partial charge in [0.2, 0.25) is 0 Å². The number of nitrogens with zero attached hydrogens (tertiary/aromatic N) is 1. The number of amides is 1. The van der Waals surface area contributed by atoms with E-state index in [0.717, 1.165) is 38.0 Å². The molecule has 8 heteroatoms. The highest BCUT2D eigenvalue weighted by molar-refractivity contribution is 5.86. The average Bonchev–Trinajstić information content (AvgIpc) is 3.74. The minimum atomic E-state index is -0.873. The molecule has 1 aromatic rings. The lowest BCUT2D eigenvalue weighted by Crippen LogP contribution is -2.41. The summed E-state index contributed by atoms with van der Waals surface area (Å²) in [5.41, 5.74) is 7.34. The molecule has 4 N–H and O–H groups in total. The van der Waals surface area contributed by atoms with Gasteiger partial charge in [0.15, 0.2) is 6.10 Å². The number of hydrogen-bond acceptors (Lipinski definition) is 6. The second-order valence-corrected chi connectivity index (χ2v) is 9.98. The van der Waals surface area contributed by atoms with Crippen molar-refractivity contribution in [3.63, 3.8) is 0 Å². The highest BCUT2D eigenvalue weighted by Gasteiger charge is 2.33. The van der Waals surface area contributed by atoms with Crippen molar-refractivity contribution in [2.75, 3.05) is 18.4 Å². The van der Waals surface area contributed by atoms with Crippen molar-refractivity contribution in [3.05, 3.63) is 29.8 Å². The zero-order valence-corrected chi connectivity index (χ0v) is 20.4. The first kappa shape index (κ1) is 26.0. The SMILES string of the molecule is Cc1ccc(N[C@H](CC2CC2)C(=O)O[C@@H](C)C(=O)N2CCCC2)cc1.N[C@H](CC1CC1)C(=O)O. The Morgan fingerprint density at radius 2 is 1.62 bits per heavy atom. The second kappa shape index (κ2) is 12.2. The lowest BCUT2D eigenvalue weighted by atomic mass is 10.1. The van der Waals surface area contributed by atoms with Gasteiger partial charge in [-0.3, -0.25) is 9.59 Å². The van der Waals surface area contributed by atoms with Crippen molar-refractivity contribution < 1.29 is 24.2 Å². The van der Waals surface area contributed by atoms with Crippen molar-refractivity contribution in [2.24, 2.45) is 17.6 Å². The fraction of sp³-hybridized carbons (Fsp3) is 0.654. The van der Waals surface area contributed by atoms with Gasteiger partial charge in [0.1, 0.15) is 12.1 Å². The molecule has 8 nitrogen and oxygen atoms in total. The Bertz CT molecular complexity index is 829. The van der Waals surface area contributed by atoms with E-state index in [-0.39, 0.29) is 11.9 Å². The van der Waals surface area contributed by atoms with Crippen LogP contribution in [-0.4, -0.2) is 59.1 Å². The van der Waals surface area contributed by atoms with E-state index in [0.29, 0.717) is 18.3 Å². The van der Waals surface area contributed by atoms with Gasteiger partial charge in [-0.2, -0.15) is 0 Å². The first-order valence-corrected chi connectivity index (χ1v) is 12.5. The average molecular weight is 474 g/mol. The van der Waals surface area contributed by atoms with Crippen molar-refractivity contribution in [1.82, 2.24) is 4.90 Å². The fourth-order valence-corrected chi connectivity index (χ4v) is 4.07. The predicted octanol–water partition coefficient (Wildman–Crippen LogP) is 3.33. The molecule has 2 saturated carbocycles. The number of carbonyl (C=O) groups excluding carboxylic acids is 2. The number of ether oxygens (including phenoxy) is 1. The van der Waals surface area contributed by atoms with Gasteiger partial charge in [0.05, 0.1) is 0 Å². The maximum absolute atomic E-state index is 12.7. The van der Waals surface area contributed by atoms with E-state index in [4.69, 9.17) is 15.6 Å². The number of carbonyl (C=O) groups is 3. The number of carboxylic acid groups (broad SMARTS) is 1. The quantitative estimate of drug-likeness (QED) is 0.446. The molecule has 4 rings (SSSR count).